The van der Waals surface area contributed by atoms with Crippen molar-refractivity contribution < 1.29 is 14.1 Å². The maximum Gasteiger partial charge on any atom is 0.246 e. The summed E-state index contributed by atoms with van der Waals surface area (Å²) in [6.45, 7) is 5.27. The fraction of sp³-hybridized carbons (Fsp3) is 0.474. The number of aryl methyl sites for hydroxylation is 1. The van der Waals surface area contributed by atoms with Crippen molar-refractivity contribution in [3.05, 3.63) is 47.1 Å². The van der Waals surface area contributed by atoms with Gasteiger partial charge in [-0.3, -0.25) is 9.59 Å². The average molecular weight is 356 g/mol. The number of nitrogens with zero attached hydrogens (tertiary/aromatic N) is 3. The molecule has 1 aromatic carbocycles. The van der Waals surface area contributed by atoms with Crippen molar-refractivity contribution >= 4 is 11.8 Å². The molecule has 0 radical (unpaired) electrons. The van der Waals surface area contributed by atoms with E-state index in [2.05, 4.69) is 15.5 Å². The van der Waals surface area contributed by atoms with Gasteiger partial charge in [-0.15, -0.1) is 0 Å². The van der Waals surface area contributed by atoms with Crippen LogP contribution >= 0.6 is 0 Å². The lowest BCUT2D eigenvalue weighted by molar-refractivity contribution is -0.129. The second kappa shape index (κ2) is 8.12. The number of likely N-dealkylation sites (tertiary alicyclic amines) is 1. The van der Waals surface area contributed by atoms with E-state index in [1.807, 2.05) is 36.1 Å². The average Bonchev–Trinajstić information content (AvgIpc) is 3.11. The second-order valence-electron chi connectivity index (χ2n) is 6.77. The topological polar surface area (TPSA) is 88.3 Å². The molecule has 2 heterocycles. The Balaban J connectivity index is 1.47. The molecule has 1 aliphatic heterocycles. The van der Waals surface area contributed by atoms with Crippen molar-refractivity contribution in [1.29, 1.82) is 0 Å². The van der Waals surface area contributed by atoms with Crippen LogP contribution in [0, 0.1) is 6.92 Å². The zero-order valence-corrected chi connectivity index (χ0v) is 15.2. The molecule has 26 heavy (non-hydrogen) atoms. The number of piperidine rings is 1. The summed E-state index contributed by atoms with van der Waals surface area (Å²) in [5.41, 5.74) is 2.14. The van der Waals surface area contributed by atoms with Crippen LogP contribution < -0.4 is 5.32 Å². The summed E-state index contributed by atoms with van der Waals surface area (Å²) in [6.07, 6.45) is 1.99. The maximum absolute atomic E-state index is 12.0. The minimum atomic E-state index is -0.0802. The Morgan fingerprint density at radius 2 is 1.92 bits per heavy atom. The summed E-state index contributed by atoms with van der Waals surface area (Å²) in [4.78, 5) is 29.7. The standard InChI is InChI=1S/C19H24N4O3/c1-13-3-5-15(6-4-13)11-17(25)20-12-18-21-19(22-26-18)16-7-9-23(10-8-16)14(2)24/h3-6,16H,7-12H2,1-2H3,(H,20,25). The minimum Gasteiger partial charge on any atom is -0.347 e. The van der Waals surface area contributed by atoms with E-state index in [0.717, 1.165) is 31.5 Å². The highest BCUT2D eigenvalue weighted by molar-refractivity contribution is 5.78. The van der Waals surface area contributed by atoms with Crippen molar-refractivity contribution in [3.8, 4) is 0 Å². The van der Waals surface area contributed by atoms with E-state index in [1.165, 1.54) is 5.56 Å². The maximum atomic E-state index is 12.0. The first-order chi connectivity index (χ1) is 12.5. The zero-order valence-electron chi connectivity index (χ0n) is 15.2. The molecule has 0 aliphatic carbocycles. The van der Waals surface area contributed by atoms with Crippen LogP contribution in [0.3, 0.4) is 0 Å². The van der Waals surface area contributed by atoms with Crippen LogP contribution in [0.4, 0.5) is 0 Å². The van der Waals surface area contributed by atoms with Gasteiger partial charge in [-0.05, 0) is 25.3 Å². The van der Waals surface area contributed by atoms with Gasteiger partial charge < -0.3 is 14.7 Å². The number of aromatic nitrogens is 2. The molecule has 0 unspecified atom stereocenters. The van der Waals surface area contributed by atoms with Gasteiger partial charge in [-0.25, -0.2) is 0 Å². The number of carbonyl (C=O) groups excluding carboxylic acids is 2. The molecule has 7 heteroatoms. The van der Waals surface area contributed by atoms with E-state index in [4.69, 9.17) is 4.52 Å². The number of amides is 2. The van der Waals surface area contributed by atoms with E-state index in [-0.39, 0.29) is 24.3 Å². The number of nitrogens with one attached hydrogen (secondary N) is 1. The Morgan fingerprint density at radius 3 is 2.58 bits per heavy atom. The first-order valence-corrected chi connectivity index (χ1v) is 8.91. The molecule has 0 saturated carbocycles. The Morgan fingerprint density at radius 1 is 1.23 bits per heavy atom. The van der Waals surface area contributed by atoms with E-state index >= 15 is 0 Å². The van der Waals surface area contributed by atoms with Crippen molar-refractivity contribution in [2.75, 3.05) is 13.1 Å². The van der Waals surface area contributed by atoms with Gasteiger partial charge in [-0.1, -0.05) is 35.0 Å². The Bertz CT molecular complexity index is 761. The molecule has 138 valence electrons. The number of carbonyl (C=O) groups is 2. The van der Waals surface area contributed by atoms with Crippen molar-refractivity contribution in [2.45, 2.75) is 45.6 Å². The van der Waals surface area contributed by atoms with Crippen LogP contribution in [0.2, 0.25) is 0 Å². The third-order valence-corrected chi connectivity index (χ3v) is 4.71. The van der Waals surface area contributed by atoms with E-state index in [1.54, 1.807) is 6.92 Å². The molecule has 1 N–H and O–H groups in total. The van der Waals surface area contributed by atoms with Crippen molar-refractivity contribution in [1.82, 2.24) is 20.4 Å². The first kappa shape index (κ1) is 18.1. The third kappa shape index (κ3) is 4.68. The van der Waals surface area contributed by atoms with Crippen LogP contribution in [0.1, 0.15) is 48.5 Å². The highest BCUT2D eigenvalue weighted by Crippen LogP contribution is 2.25. The summed E-state index contributed by atoms with van der Waals surface area (Å²) in [5, 5.41) is 6.85. The Labute approximate surface area is 152 Å². The summed E-state index contributed by atoms with van der Waals surface area (Å²) in [7, 11) is 0. The molecule has 2 amide bonds. The molecule has 1 aromatic heterocycles. The molecule has 3 rings (SSSR count). The highest BCUT2D eigenvalue weighted by atomic mass is 16.5. The number of benzene rings is 1. The van der Waals surface area contributed by atoms with Crippen molar-refractivity contribution in [3.63, 3.8) is 0 Å². The van der Waals surface area contributed by atoms with Gasteiger partial charge in [0.1, 0.15) is 0 Å². The highest BCUT2D eigenvalue weighted by Gasteiger charge is 2.25. The molecule has 2 aromatic rings. The lowest BCUT2D eigenvalue weighted by Crippen LogP contribution is -2.36. The lowest BCUT2D eigenvalue weighted by atomic mass is 9.96. The largest absolute Gasteiger partial charge is 0.347 e. The molecule has 1 saturated heterocycles. The number of hydrogen-bond acceptors (Lipinski definition) is 5. The second-order valence-corrected chi connectivity index (χ2v) is 6.77. The van der Waals surface area contributed by atoms with Gasteiger partial charge in [0.15, 0.2) is 5.82 Å². The molecular weight excluding hydrogens is 332 g/mol. The minimum absolute atomic E-state index is 0.0802. The normalized spacial score (nSPS) is 15.1. The van der Waals surface area contributed by atoms with Gasteiger partial charge in [0.25, 0.3) is 0 Å². The van der Waals surface area contributed by atoms with E-state index in [9.17, 15) is 9.59 Å². The molecule has 0 bridgehead atoms. The molecular formula is C19H24N4O3. The Kier molecular flexibility index (Phi) is 5.65. The fourth-order valence-corrected chi connectivity index (χ4v) is 3.09. The Hall–Kier alpha value is -2.70. The smallest absolute Gasteiger partial charge is 0.246 e. The van der Waals surface area contributed by atoms with Crippen LogP contribution in [-0.2, 0) is 22.6 Å². The number of hydrogen-bond donors (Lipinski definition) is 1. The number of rotatable bonds is 5. The van der Waals surface area contributed by atoms with E-state index < -0.39 is 0 Å². The fourth-order valence-electron chi connectivity index (χ4n) is 3.09. The zero-order chi connectivity index (χ0) is 18.5. The molecule has 0 spiro atoms. The van der Waals surface area contributed by atoms with Gasteiger partial charge in [-0.2, -0.15) is 4.98 Å². The summed E-state index contributed by atoms with van der Waals surface area (Å²) in [6, 6.07) is 7.88. The summed E-state index contributed by atoms with van der Waals surface area (Å²) < 4.78 is 5.25. The van der Waals surface area contributed by atoms with E-state index in [0.29, 0.717) is 18.1 Å². The SMILES string of the molecule is CC(=O)N1CCC(c2noc(CNC(=O)Cc3ccc(C)cc3)n2)CC1. The van der Waals surface area contributed by atoms with Crippen LogP contribution in [-0.4, -0.2) is 39.9 Å². The van der Waals surface area contributed by atoms with Crippen LogP contribution in [0.25, 0.3) is 0 Å². The third-order valence-electron chi connectivity index (χ3n) is 4.71. The predicted molar refractivity (Wildman–Crippen MR) is 95.3 cm³/mol. The summed E-state index contributed by atoms with van der Waals surface area (Å²) >= 11 is 0. The predicted octanol–water partition coefficient (Wildman–Crippen LogP) is 1.96. The van der Waals surface area contributed by atoms with Crippen molar-refractivity contribution in [2.24, 2.45) is 0 Å². The van der Waals surface area contributed by atoms with Crippen LogP contribution in [0.5, 0.6) is 0 Å². The summed E-state index contributed by atoms with van der Waals surface area (Å²) in [5.74, 6) is 1.30. The van der Waals surface area contributed by atoms with Gasteiger partial charge >= 0.3 is 0 Å². The molecule has 1 fully saturated rings. The quantitative estimate of drug-likeness (QED) is 0.885. The monoisotopic (exact) mass is 356 g/mol. The molecule has 0 atom stereocenters. The lowest BCUT2D eigenvalue weighted by Gasteiger charge is -2.29. The van der Waals surface area contributed by atoms with Gasteiger partial charge in [0, 0.05) is 25.9 Å². The first-order valence-electron chi connectivity index (χ1n) is 8.91. The molecule has 7 nitrogen and oxygen atoms in total. The van der Waals surface area contributed by atoms with Crippen LogP contribution in [0.15, 0.2) is 28.8 Å². The van der Waals surface area contributed by atoms with Gasteiger partial charge in [0.2, 0.25) is 17.7 Å². The molecule has 1 aliphatic rings. The van der Waals surface area contributed by atoms with Gasteiger partial charge in [0.05, 0.1) is 13.0 Å².